The van der Waals surface area contributed by atoms with Crippen LogP contribution >= 0.6 is 11.8 Å². The van der Waals surface area contributed by atoms with Gasteiger partial charge in [0.25, 0.3) is 0 Å². The molecule has 0 aromatic heterocycles. The molecule has 1 fully saturated rings. The Labute approximate surface area is 42.6 Å². The highest BCUT2D eigenvalue weighted by atomic mass is 32.2. The van der Waals surface area contributed by atoms with E-state index in [2.05, 4.69) is 13.5 Å². The minimum absolute atomic E-state index is 0.824. The van der Waals surface area contributed by atoms with Crippen LogP contribution in [-0.2, 0) is 0 Å². The molecule has 1 heteroatoms. The molecule has 0 spiro atoms. The first-order chi connectivity index (χ1) is 2.80. The van der Waals surface area contributed by atoms with Crippen LogP contribution in [0.2, 0.25) is 0 Å². The molecule has 0 N–H and O–H groups in total. The Morgan fingerprint density at radius 2 is 2.50 bits per heavy atom. The van der Waals surface area contributed by atoms with E-state index in [0.717, 1.165) is 5.25 Å². The maximum absolute atomic E-state index is 3.80. The number of thioether (sulfide) groups is 1. The Hall–Kier alpha value is 0.0900. The first-order valence-electron chi connectivity index (χ1n) is 2.07. The van der Waals surface area contributed by atoms with Crippen LogP contribution in [-0.4, -0.2) is 11.0 Å². The van der Waals surface area contributed by atoms with Crippen LogP contribution in [0.1, 0.15) is 6.92 Å². The lowest BCUT2D eigenvalue weighted by Crippen LogP contribution is -1.78. The minimum atomic E-state index is 0.824. The highest BCUT2D eigenvalue weighted by molar-refractivity contribution is 8.07. The summed E-state index contributed by atoms with van der Waals surface area (Å²) < 4.78 is 0. The summed E-state index contributed by atoms with van der Waals surface area (Å²) in [5.74, 6) is 1.31. The molecule has 0 bridgehead atoms. The van der Waals surface area contributed by atoms with Gasteiger partial charge in [-0.05, 0) is 6.92 Å². The molecule has 1 rings (SSSR count). The summed E-state index contributed by atoms with van der Waals surface area (Å²) in [5.41, 5.74) is 1.33. The topological polar surface area (TPSA) is 0 Å². The lowest BCUT2D eigenvalue weighted by atomic mass is 10.3. The maximum atomic E-state index is 3.80. The Morgan fingerprint density at radius 3 is 2.50 bits per heavy atom. The van der Waals surface area contributed by atoms with Crippen LogP contribution in [0.4, 0.5) is 0 Å². The molecule has 0 aromatic rings. The molecule has 1 aliphatic rings. The third-order valence-corrected chi connectivity index (χ3v) is 1.95. The zero-order chi connectivity index (χ0) is 4.57. The number of hydrogen-bond donors (Lipinski definition) is 0. The van der Waals surface area contributed by atoms with Crippen molar-refractivity contribution in [2.45, 2.75) is 12.2 Å². The fourth-order valence-corrected chi connectivity index (χ4v) is 0.998. The van der Waals surface area contributed by atoms with Crippen molar-refractivity contribution in [3.05, 3.63) is 12.2 Å². The summed E-state index contributed by atoms with van der Waals surface area (Å²) in [7, 11) is 0. The van der Waals surface area contributed by atoms with Crippen molar-refractivity contribution >= 4 is 11.8 Å². The van der Waals surface area contributed by atoms with Gasteiger partial charge in [0.05, 0.1) is 0 Å². The third-order valence-electron chi connectivity index (χ3n) is 0.883. The first-order valence-corrected chi connectivity index (χ1v) is 3.12. The van der Waals surface area contributed by atoms with Crippen molar-refractivity contribution in [1.82, 2.24) is 0 Å². The summed E-state index contributed by atoms with van der Waals surface area (Å²) in [6.07, 6.45) is 0. The lowest BCUT2D eigenvalue weighted by Gasteiger charge is -1.81. The zero-order valence-electron chi connectivity index (χ0n) is 3.90. The molecular formula is C5H8S. The molecule has 0 aromatic carbocycles. The van der Waals surface area contributed by atoms with Crippen molar-refractivity contribution < 1.29 is 0 Å². The third kappa shape index (κ3) is 0.777. The highest BCUT2D eigenvalue weighted by Gasteiger charge is 2.21. The molecule has 1 atom stereocenters. The van der Waals surface area contributed by atoms with Crippen LogP contribution in [0.25, 0.3) is 0 Å². The molecule has 0 aliphatic carbocycles. The van der Waals surface area contributed by atoms with Gasteiger partial charge < -0.3 is 0 Å². The zero-order valence-corrected chi connectivity index (χ0v) is 4.72. The van der Waals surface area contributed by atoms with Crippen molar-refractivity contribution in [3.63, 3.8) is 0 Å². The second-order valence-corrected chi connectivity index (χ2v) is 2.90. The number of hydrogen-bond acceptors (Lipinski definition) is 1. The van der Waals surface area contributed by atoms with Crippen molar-refractivity contribution in [2.75, 3.05) is 5.75 Å². The average Bonchev–Trinajstić information content (AvgIpc) is 2.06. The SMILES string of the molecule is C=C(C)C1CS1. The predicted molar refractivity (Wildman–Crippen MR) is 31.1 cm³/mol. The van der Waals surface area contributed by atoms with Gasteiger partial charge in [-0.25, -0.2) is 0 Å². The molecule has 6 heavy (non-hydrogen) atoms. The van der Waals surface area contributed by atoms with Gasteiger partial charge in [-0.3, -0.25) is 0 Å². The van der Waals surface area contributed by atoms with Crippen LogP contribution < -0.4 is 0 Å². The molecule has 34 valence electrons. The number of rotatable bonds is 1. The van der Waals surface area contributed by atoms with Crippen molar-refractivity contribution in [2.24, 2.45) is 0 Å². The van der Waals surface area contributed by atoms with Crippen LogP contribution in [0.15, 0.2) is 12.2 Å². The second kappa shape index (κ2) is 1.30. The Kier molecular flexibility index (Phi) is 0.922. The minimum Gasteiger partial charge on any atom is -0.152 e. The van der Waals surface area contributed by atoms with Gasteiger partial charge in [-0.2, -0.15) is 11.8 Å². The molecule has 0 saturated carbocycles. The van der Waals surface area contributed by atoms with E-state index < -0.39 is 0 Å². The Balaban J connectivity index is 2.31. The van der Waals surface area contributed by atoms with Crippen LogP contribution in [0.3, 0.4) is 0 Å². The molecule has 1 saturated heterocycles. The summed E-state index contributed by atoms with van der Waals surface area (Å²) in [5, 5.41) is 0.824. The van der Waals surface area contributed by atoms with E-state index in [1.54, 1.807) is 0 Å². The fraction of sp³-hybridized carbons (Fsp3) is 0.600. The summed E-state index contributed by atoms with van der Waals surface area (Å²) >= 11 is 1.98. The van der Waals surface area contributed by atoms with Gasteiger partial charge >= 0.3 is 0 Å². The molecule has 0 nitrogen and oxygen atoms in total. The van der Waals surface area contributed by atoms with Gasteiger partial charge in [0.15, 0.2) is 0 Å². The Bertz CT molecular complexity index is 72.0. The molecule has 1 unspecified atom stereocenters. The normalized spacial score (nSPS) is 29.8. The van der Waals surface area contributed by atoms with E-state index >= 15 is 0 Å². The molecule has 0 radical (unpaired) electrons. The smallest absolute Gasteiger partial charge is 0.0342 e. The lowest BCUT2D eigenvalue weighted by molar-refractivity contribution is 1.25. The van der Waals surface area contributed by atoms with Crippen LogP contribution in [0, 0.1) is 0 Å². The predicted octanol–water partition coefficient (Wildman–Crippen LogP) is 1.68. The van der Waals surface area contributed by atoms with Crippen molar-refractivity contribution in [1.29, 1.82) is 0 Å². The monoisotopic (exact) mass is 100 g/mol. The van der Waals surface area contributed by atoms with E-state index in [-0.39, 0.29) is 0 Å². The molecular weight excluding hydrogens is 92.1 g/mol. The van der Waals surface area contributed by atoms with Crippen LogP contribution in [0.5, 0.6) is 0 Å². The summed E-state index contributed by atoms with van der Waals surface area (Å²) in [6.45, 7) is 5.88. The van der Waals surface area contributed by atoms with Gasteiger partial charge in [0.1, 0.15) is 0 Å². The Morgan fingerprint density at radius 1 is 2.00 bits per heavy atom. The standard InChI is InChI=1S/C5H8S/c1-4(2)5-3-6-5/h5H,1,3H2,2H3. The van der Waals surface area contributed by atoms with E-state index in [0.29, 0.717) is 0 Å². The molecule has 1 aliphatic heterocycles. The van der Waals surface area contributed by atoms with E-state index in [1.807, 2.05) is 11.8 Å². The summed E-state index contributed by atoms with van der Waals surface area (Å²) in [6, 6.07) is 0. The fourth-order valence-electron chi connectivity index (χ4n) is 0.333. The largest absolute Gasteiger partial charge is 0.152 e. The van der Waals surface area contributed by atoms with E-state index in [1.165, 1.54) is 11.3 Å². The second-order valence-electron chi connectivity index (χ2n) is 1.67. The maximum Gasteiger partial charge on any atom is 0.0342 e. The van der Waals surface area contributed by atoms with Gasteiger partial charge in [0, 0.05) is 11.0 Å². The van der Waals surface area contributed by atoms with E-state index in [9.17, 15) is 0 Å². The quantitative estimate of drug-likeness (QED) is 0.357. The molecule has 0 amide bonds. The van der Waals surface area contributed by atoms with E-state index in [4.69, 9.17) is 0 Å². The van der Waals surface area contributed by atoms with Crippen molar-refractivity contribution in [3.8, 4) is 0 Å². The first kappa shape index (κ1) is 4.25. The summed E-state index contributed by atoms with van der Waals surface area (Å²) in [4.78, 5) is 0. The van der Waals surface area contributed by atoms with Gasteiger partial charge in [0.2, 0.25) is 0 Å². The highest BCUT2D eigenvalue weighted by Crippen LogP contribution is 2.34. The van der Waals surface area contributed by atoms with Gasteiger partial charge in [-0.1, -0.05) is 12.2 Å². The van der Waals surface area contributed by atoms with Gasteiger partial charge in [-0.15, -0.1) is 0 Å². The average molecular weight is 100 g/mol. The molecule has 1 heterocycles.